The van der Waals surface area contributed by atoms with Crippen LogP contribution in [0.3, 0.4) is 0 Å². The van der Waals surface area contributed by atoms with Gasteiger partial charge in [0.1, 0.15) is 12.2 Å². The number of hydrogen-bond donors (Lipinski definition) is 2. The van der Waals surface area contributed by atoms with E-state index in [0.717, 1.165) is 10.1 Å². The summed E-state index contributed by atoms with van der Waals surface area (Å²) in [5.74, 6) is -1.24. The van der Waals surface area contributed by atoms with Gasteiger partial charge in [0.2, 0.25) is 0 Å². The van der Waals surface area contributed by atoms with Gasteiger partial charge in [-0.1, -0.05) is 30.3 Å². The largest absolute Gasteiger partial charge is 0.345 e. The zero-order chi connectivity index (χ0) is 21.0. The van der Waals surface area contributed by atoms with Gasteiger partial charge in [-0.05, 0) is 27.6 Å². The highest BCUT2D eigenvalue weighted by molar-refractivity contribution is 9.10. The number of amides is 2. The number of hydrogen-bond acceptors (Lipinski definition) is 4. The molecule has 0 saturated heterocycles. The molecule has 0 aliphatic rings. The number of aromatic nitrogens is 3. The third kappa shape index (κ3) is 4.91. The molecule has 0 saturated carbocycles. The fourth-order valence-electron chi connectivity index (χ4n) is 2.73. The van der Waals surface area contributed by atoms with Gasteiger partial charge in [0.05, 0.1) is 6.54 Å². The Morgan fingerprint density at radius 1 is 1.07 bits per heavy atom. The highest BCUT2D eigenvalue weighted by Crippen LogP contribution is 2.13. The zero-order valence-electron chi connectivity index (χ0n) is 15.5. The molecule has 0 radical (unpaired) electrons. The maximum absolute atomic E-state index is 12.6. The molecule has 2 heterocycles. The third-order valence-electron chi connectivity index (χ3n) is 4.16. The number of carbonyl (C=O) groups is 2. The molecule has 2 amide bonds. The maximum atomic E-state index is 12.6. The van der Waals surface area contributed by atoms with Gasteiger partial charge in [-0.25, -0.2) is 4.79 Å². The van der Waals surface area contributed by atoms with Crippen molar-refractivity contribution in [2.24, 2.45) is 7.05 Å². The molecule has 0 fully saturated rings. The molecule has 3 rings (SSSR count). The van der Waals surface area contributed by atoms with E-state index in [1.807, 2.05) is 30.3 Å². The lowest BCUT2D eigenvalue weighted by Gasteiger charge is -2.11. The monoisotopic (exact) mass is 459 g/mol. The lowest BCUT2D eigenvalue weighted by Crippen LogP contribution is -2.48. The summed E-state index contributed by atoms with van der Waals surface area (Å²) >= 11 is 3.26. The number of halogens is 1. The summed E-state index contributed by atoms with van der Waals surface area (Å²) in [4.78, 5) is 48.9. The molecule has 29 heavy (non-hydrogen) atoms. The van der Waals surface area contributed by atoms with Gasteiger partial charge in [0, 0.05) is 30.0 Å². The number of aryl methyl sites for hydroxylation is 1. The normalized spacial score (nSPS) is 10.6. The van der Waals surface area contributed by atoms with E-state index in [-0.39, 0.29) is 6.54 Å². The molecule has 0 bridgehead atoms. The van der Waals surface area contributed by atoms with Crippen molar-refractivity contribution in [3.05, 3.63) is 91.4 Å². The minimum Gasteiger partial charge on any atom is -0.345 e. The highest BCUT2D eigenvalue weighted by Gasteiger charge is 2.14. The molecule has 9 nitrogen and oxygen atoms in total. The molecular weight excluding hydrogens is 442 g/mol. The van der Waals surface area contributed by atoms with Crippen LogP contribution in [0.15, 0.2) is 68.9 Å². The number of benzene rings is 1. The zero-order valence-corrected chi connectivity index (χ0v) is 17.0. The summed E-state index contributed by atoms with van der Waals surface area (Å²) in [5, 5.41) is 0. The Labute approximate surface area is 173 Å². The van der Waals surface area contributed by atoms with Gasteiger partial charge < -0.3 is 4.57 Å². The summed E-state index contributed by atoms with van der Waals surface area (Å²) in [6.07, 6.45) is 3.08. The molecule has 0 aliphatic carbocycles. The minimum absolute atomic E-state index is 0.265. The first kappa shape index (κ1) is 20.3. The van der Waals surface area contributed by atoms with Crippen LogP contribution in [0.5, 0.6) is 0 Å². The van der Waals surface area contributed by atoms with Gasteiger partial charge in [0.15, 0.2) is 0 Å². The smallest absolute Gasteiger partial charge is 0.331 e. The minimum atomic E-state index is -0.705. The topological polar surface area (TPSA) is 107 Å². The van der Waals surface area contributed by atoms with E-state index >= 15 is 0 Å². The van der Waals surface area contributed by atoms with E-state index in [2.05, 4.69) is 26.8 Å². The standard InChI is InChI=1S/C19H18BrN5O4/c1-23-11-14(20)9-15(23)18(28)22-21-16(26)12-25-17(27)7-8-24(19(25)29)10-13-5-3-2-4-6-13/h2-9,11H,10,12H2,1H3,(H,21,26)(H,22,28). The molecule has 0 atom stereocenters. The Bertz CT molecular complexity index is 1160. The molecule has 2 aromatic heterocycles. The first-order valence-electron chi connectivity index (χ1n) is 8.60. The van der Waals surface area contributed by atoms with Gasteiger partial charge in [0.25, 0.3) is 17.4 Å². The molecular formula is C19H18BrN5O4. The molecule has 0 aliphatic heterocycles. The average Bonchev–Trinajstić information content (AvgIpc) is 3.04. The Kier molecular flexibility index (Phi) is 6.13. The second kappa shape index (κ2) is 8.74. The van der Waals surface area contributed by atoms with Crippen molar-refractivity contribution in [3.63, 3.8) is 0 Å². The van der Waals surface area contributed by atoms with Crippen LogP contribution in [0.1, 0.15) is 16.1 Å². The summed E-state index contributed by atoms with van der Waals surface area (Å²) in [6.45, 7) is -0.259. The van der Waals surface area contributed by atoms with Crippen LogP contribution < -0.4 is 22.1 Å². The lowest BCUT2D eigenvalue weighted by atomic mass is 10.2. The number of rotatable bonds is 5. The van der Waals surface area contributed by atoms with E-state index in [0.29, 0.717) is 10.2 Å². The number of carbonyl (C=O) groups excluding carboxylic acids is 2. The van der Waals surface area contributed by atoms with Crippen LogP contribution in [0.25, 0.3) is 0 Å². The third-order valence-corrected chi connectivity index (χ3v) is 4.59. The van der Waals surface area contributed by atoms with Crippen molar-refractivity contribution in [2.45, 2.75) is 13.1 Å². The van der Waals surface area contributed by atoms with Crippen molar-refractivity contribution in [3.8, 4) is 0 Å². The van der Waals surface area contributed by atoms with Crippen LogP contribution in [0.4, 0.5) is 0 Å². The van der Waals surface area contributed by atoms with Crippen molar-refractivity contribution in [1.29, 1.82) is 0 Å². The molecule has 3 aromatic rings. The molecule has 10 heteroatoms. The Morgan fingerprint density at radius 3 is 2.45 bits per heavy atom. The van der Waals surface area contributed by atoms with Crippen molar-refractivity contribution in [1.82, 2.24) is 24.6 Å². The number of nitrogens with zero attached hydrogens (tertiary/aromatic N) is 3. The maximum Gasteiger partial charge on any atom is 0.331 e. The fourth-order valence-corrected chi connectivity index (χ4v) is 3.25. The van der Waals surface area contributed by atoms with Gasteiger partial charge in [-0.15, -0.1) is 0 Å². The van der Waals surface area contributed by atoms with E-state index in [1.54, 1.807) is 23.9 Å². The Morgan fingerprint density at radius 2 is 1.79 bits per heavy atom. The van der Waals surface area contributed by atoms with E-state index in [4.69, 9.17) is 0 Å². The van der Waals surface area contributed by atoms with Crippen LogP contribution in [-0.2, 0) is 24.9 Å². The first-order chi connectivity index (χ1) is 13.8. The van der Waals surface area contributed by atoms with Gasteiger partial charge in [-0.2, -0.15) is 0 Å². The quantitative estimate of drug-likeness (QED) is 0.545. The van der Waals surface area contributed by atoms with Crippen LogP contribution in [0, 0.1) is 0 Å². The van der Waals surface area contributed by atoms with Crippen LogP contribution in [0.2, 0.25) is 0 Å². The SMILES string of the molecule is Cn1cc(Br)cc1C(=O)NNC(=O)Cn1c(=O)ccn(Cc2ccccc2)c1=O. The van der Waals surface area contributed by atoms with E-state index in [1.165, 1.54) is 16.8 Å². The number of hydrazine groups is 1. The lowest BCUT2D eigenvalue weighted by molar-refractivity contribution is -0.122. The van der Waals surface area contributed by atoms with Crippen LogP contribution >= 0.6 is 15.9 Å². The number of nitrogens with one attached hydrogen (secondary N) is 2. The predicted octanol–water partition coefficient (Wildman–Crippen LogP) is 0.620. The second-order valence-electron chi connectivity index (χ2n) is 6.29. The van der Waals surface area contributed by atoms with Crippen molar-refractivity contribution < 1.29 is 9.59 Å². The summed E-state index contributed by atoms with van der Waals surface area (Å²) in [5.41, 5.74) is 4.45. The Hall–Kier alpha value is -3.40. The predicted molar refractivity (Wildman–Crippen MR) is 109 cm³/mol. The summed E-state index contributed by atoms with van der Waals surface area (Å²) in [6, 6.07) is 12.1. The van der Waals surface area contributed by atoms with E-state index < -0.39 is 29.6 Å². The van der Waals surface area contributed by atoms with Crippen molar-refractivity contribution in [2.75, 3.05) is 0 Å². The first-order valence-corrected chi connectivity index (χ1v) is 9.39. The van der Waals surface area contributed by atoms with Gasteiger partial charge in [-0.3, -0.25) is 34.4 Å². The van der Waals surface area contributed by atoms with Crippen molar-refractivity contribution >= 4 is 27.7 Å². The summed E-state index contributed by atoms with van der Waals surface area (Å²) in [7, 11) is 1.68. The molecule has 0 spiro atoms. The van der Waals surface area contributed by atoms with Gasteiger partial charge >= 0.3 is 5.69 Å². The average molecular weight is 460 g/mol. The molecule has 0 unspecified atom stereocenters. The van der Waals surface area contributed by atoms with Crippen LogP contribution in [-0.4, -0.2) is 25.5 Å². The molecule has 1 aromatic carbocycles. The molecule has 150 valence electrons. The highest BCUT2D eigenvalue weighted by atomic mass is 79.9. The fraction of sp³-hybridized carbons (Fsp3) is 0.158. The van der Waals surface area contributed by atoms with E-state index in [9.17, 15) is 19.2 Å². The summed E-state index contributed by atoms with van der Waals surface area (Å²) < 4.78 is 4.44. The second-order valence-corrected chi connectivity index (χ2v) is 7.21. The Balaban J connectivity index is 1.69. The molecule has 2 N–H and O–H groups in total.